The van der Waals surface area contributed by atoms with Crippen molar-refractivity contribution in [3.63, 3.8) is 0 Å². The molecule has 0 saturated carbocycles. The molecule has 1 fully saturated rings. The number of hydrogen-bond donors (Lipinski definition) is 1. The molecule has 0 spiro atoms. The van der Waals surface area contributed by atoms with E-state index in [4.69, 9.17) is 5.73 Å². The molecule has 0 aromatic heterocycles. The lowest BCUT2D eigenvalue weighted by atomic mass is 10.1. The summed E-state index contributed by atoms with van der Waals surface area (Å²) in [5.74, 6) is 0. The lowest BCUT2D eigenvalue weighted by Crippen LogP contribution is -2.52. The highest BCUT2D eigenvalue weighted by atomic mass is 32.2. The monoisotopic (exact) mass is 311 g/mol. The van der Waals surface area contributed by atoms with E-state index in [1.54, 1.807) is 12.1 Å². The normalized spacial score (nSPS) is 18.7. The van der Waals surface area contributed by atoms with Gasteiger partial charge in [-0.3, -0.25) is 4.90 Å². The van der Waals surface area contributed by atoms with Crippen molar-refractivity contribution in [3.05, 3.63) is 24.3 Å². The van der Waals surface area contributed by atoms with Crippen molar-refractivity contribution in [2.75, 3.05) is 43.9 Å². The number of hydrogen-bond acceptors (Lipinski definition) is 5. The number of piperazine rings is 1. The summed E-state index contributed by atoms with van der Waals surface area (Å²) in [5.41, 5.74) is 6.89. The molecule has 1 aliphatic heterocycles. The van der Waals surface area contributed by atoms with E-state index in [1.165, 1.54) is 6.26 Å². The molecular formula is C15H25N3O2S. The van der Waals surface area contributed by atoms with Crippen LogP contribution in [0.2, 0.25) is 0 Å². The quantitative estimate of drug-likeness (QED) is 0.877. The molecular weight excluding hydrogens is 286 g/mol. The molecule has 1 aromatic rings. The highest BCUT2D eigenvalue weighted by Crippen LogP contribution is 2.20. The number of sulfone groups is 1. The van der Waals surface area contributed by atoms with Crippen LogP contribution in [-0.2, 0) is 9.84 Å². The summed E-state index contributed by atoms with van der Waals surface area (Å²) < 4.78 is 22.9. The molecule has 0 radical (unpaired) electrons. The van der Waals surface area contributed by atoms with E-state index in [1.807, 2.05) is 12.1 Å². The molecule has 1 unspecified atom stereocenters. The Bertz CT molecular complexity index is 545. The fourth-order valence-electron chi connectivity index (χ4n) is 2.82. The molecule has 5 nitrogen and oxygen atoms in total. The van der Waals surface area contributed by atoms with E-state index in [9.17, 15) is 8.42 Å². The van der Waals surface area contributed by atoms with Crippen molar-refractivity contribution in [2.24, 2.45) is 5.73 Å². The van der Waals surface area contributed by atoms with Gasteiger partial charge in [-0.25, -0.2) is 8.42 Å². The molecule has 1 heterocycles. The van der Waals surface area contributed by atoms with Crippen LogP contribution in [0.5, 0.6) is 0 Å². The lowest BCUT2D eigenvalue weighted by Gasteiger charge is -2.39. The summed E-state index contributed by atoms with van der Waals surface area (Å²) in [6.07, 6.45) is 2.32. The summed E-state index contributed by atoms with van der Waals surface area (Å²) in [4.78, 5) is 5.12. The van der Waals surface area contributed by atoms with Crippen molar-refractivity contribution < 1.29 is 8.42 Å². The maximum atomic E-state index is 11.5. The third kappa shape index (κ3) is 3.96. The Kier molecular flexibility index (Phi) is 5.24. The minimum Gasteiger partial charge on any atom is -0.369 e. The van der Waals surface area contributed by atoms with Gasteiger partial charge in [0.25, 0.3) is 0 Å². The molecule has 0 bridgehead atoms. The van der Waals surface area contributed by atoms with E-state index >= 15 is 0 Å². The SMILES string of the molecule is CCC(CN)N1CCN(c2ccc(S(C)(=O)=O)cc2)CC1. The minimum atomic E-state index is -3.12. The number of anilines is 1. The van der Waals surface area contributed by atoms with Crippen LogP contribution < -0.4 is 10.6 Å². The van der Waals surface area contributed by atoms with Gasteiger partial charge in [0.2, 0.25) is 0 Å². The van der Waals surface area contributed by atoms with Gasteiger partial charge in [0.05, 0.1) is 4.90 Å². The number of rotatable bonds is 5. The standard InChI is InChI=1S/C15H25N3O2S/c1-3-13(12-16)17-8-10-18(11-9-17)14-4-6-15(7-5-14)21(2,19)20/h4-7,13H,3,8-12,16H2,1-2H3. The second kappa shape index (κ2) is 6.77. The van der Waals surface area contributed by atoms with Gasteiger partial charge in [-0.15, -0.1) is 0 Å². The zero-order valence-electron chi connectivity index (χ0n) is 12.8. The molecule has 0 amide bonds. The van der Waals surface area contributed by atoms with Crippen molar-refractivity contribution >= 4 is 15.5 Å². The third-order valence-corrected chi connectivity index (χ3v) is 5.33. The van der Waals surface area contributed by atoms with Gasteiger partial charge in [0, 0.05) is 50.7 Å². The fourth-order valence-corrected chi connectivity index (χ4v) is 3.45. The second-order valence-electron chi connectivity index (χ2n) is 5.59. The van der Waals surface area contributed by atoms with Crippen LogP contribution >= 0.6 is 0 Å². The predicted octanol–water partition coefficient (Wildman–Crippen LogP) is 0.949. The Hall–Kier alpha value is -1.11. The predicted molar refractivity (Wildman–Crippen MR) is 86.5 cm³/mol. The van der Waals surface area contributed by atoms with Gasteiger partial charge in [-0.2, -0.15) is 0 Å². The smallest absolute Gasteiger partial charge is 0.175 e. The first-order valence-electron chi connectivity index (χ1n) is 7.45. The Labute approximate surface area is 127 Å². The van der Waals surface area contributed by atoms with Crippen molar-refractivity contribution in [1.29, 1.82) is 0 Å². The Balaban J connectivity index is 1.99. The summed E-state index contributed by atoms with van der Waals surface area (Å²) >= 11 is 0. The fraction of sp³-hybridized carbons (Fsp3) is 0.600. The molecule has 1 atom stereocenters. The van der Waals surface area contributed by atoms with Crippen LogP contribution in [0.25, 0.3) is 0 Å². The molecule has 118 valence electrons. The van der Waals surface area contributed by atoms with Crippen LogP contribution in [0.4, 0.5) is 5.69 Å². The van der Waals surface area contributed by atoms with Gasteiger partial charge in [0.15, 0.2) is 9.84 Å². The van der Waals surface area contributed by atoms with E-state index in [-0.39, 0.29) is 0 Å². The number of nitrogens with two attached hydrogens (primary N) is 1. The maximum absolute atomic E-state index is 11.5. The van der Waals surface area contributed by atoms with Gasteiger partial charge >= 0.3 is 0 Å². The topological polar surface area (TPSA) is 66.6 Å². The van der Waals surface area contributed by atoms with Gasteiger partial charge in [-0.1, -0.05) is 6.92 Å². The van der Waals surface area contributed by atoms with Crippen LogP contribution in [0, 0.1) is 0 Å². The lowest BCUT2D eigenvalue weighted by molar-refractivity contribution is 0.184. The minimum absolute atomic E-state index is 0.374. The Morgan fingerprint density at radius 1 is 1.14 bits per heavy atom. The summed E-state index contributed by atoms with van der Waals surface area (Å²) in [6.45, 7) is 6.80. The van der Waals surface area contributed by atoms with Crippen molar-refractivity contribution in [3.8, 4) is 0 Å². The van der Waals surface area contributed by atoms with Crippen LogP contribution in [0.15, 0.2) is 29.2 Å². The highest BCUT2D eigenvalue weighted by Gasteiger charge is 2.22. The van der Waals surface area contributed by atoms with Crippen LogP contribution in [-0.4, -0.2) is 58.3 Å². The summed E-state index contributed by atoms with van der Waals surface area (Å²) in [6, 6.07) is 7.63. The van der Waals surface area contributed by atoms with Crippen molar-refractivity contribution in [2.45, 2.75) is 24.3 Å². The average Bonchev–Trinajstić information content (AvgIpc) is 2.48. The Morgan fingerprint density at radius 3 is 2.14 bits per heavy atom. The Morgan fingerprint density at radius 2 is 1.71 bits per heavy atom. The molecule has 2 rings (SSSR count). The van der Waals surface area contributed by atoms with Gasteiger partial charge in [-0.05, 0) is 30.7 Å². The zero-order chi connectivity index (χ0) is 15.5. The zero-order valence-corrected chi connectivity index (χ0v) is 13.6. The van der Waals surface area contributed by atoms with E-state index in [2.05, 4.69) is 16.7 Å². The largest absolute Gasteiger partial charge is 0.369 e. The molecule has 1 aliphatic rings. The average molecular weight is 311 g/mol. The number of nitrogens with zero attached hydrogens (tertiary/aromatic N) is 2. The first-order chi connectivity index (χ1) is 9.95. The summed E-state index contributed by atoms with van der Waals surface area (Å²) in [7, 11) is -3.12. The summed E-state index contributed by atoms with van der Waals surface area (Å²) in [5, 5.41) is 0. The third-order valence-electron chi connectivity index (χ3n) is 4.20. The maximum Gasteiger partial charge on any atom is 0.175 e. The molecule has 1 saturated heterocycles. The first kappa shape index (κ1) is 16.3. The molecule has 21 heavy (non-hydrogen) atoms. The number of benzene rings is 1. The first-order valence-corrected chi connectivity index (χ1v) is 9.34. The second-order valence-corrected chi connectivity index (χ2v) is 7.60. The molecule has 6 heteroatoms. The van der Waals surface area contributed by atoms with Crippen LogP contribution in [0.3, 0.4) is 0 Å². The van der Waals surface area contributed by atoms with Crippen LogP contribution in [0.1, 0.15) is 13.3 Å². The van der Waals surface area contributed by atoms with Gasteiger partial charge < -0.3 is 10.6 Å². The van der Waals surface area contributed by atoms with Gasteiger partial charge in [0.1, 0.15) is 0 Å². The van der Waals surface area contributed by atoms with E-state index < -0.39 is 9.84 Å². The highest BCUT2D eigenvalue weighted by molar-refractivity contribution is 7.90. The molecule has 1 aromatic carbocycles. The van der Waals surface area contributed by atoms with E-state index in [0.29, 0.717) is 17.5 Å². The van der Waals surface area contributed by atoms with E-state index in [0.717, 1.165) is 38.3 Å². The molecule has 0 aliphatic carbocycles. The van der Waals surface area contributed by atoms with Crippen molar-refractivity contribution in [1.82, 2.24) is 4.90 Å². The molecule has 2 N–H and O–H groups in total.